The van der Waals surface area contributed by atoms with Gasteiger partial charge in [0.05, 0.1) is 11.2 Å². The van der Waals surface area contributed by atoms with Crippen LogP contribution in [-0.2, 0) is 11.3 Å². The Hall–Kier alpha value is -1.17. The number of halogens is 3. The number of likely N-dealkylation sites (tertiary alicyclic amines) is 1. The molecular weight excluding hydrogens is 276 g/mol. The van der Waals surface area contributed by atoms with Gasteiger partial charge in [-0.25, -0.2) is 8.78 Å². The van der Waals surface area contributed by atoms with Gasteiger partial charge in [-0.1, -0.05) is 11.6 Å². The molecule has 1 amide bonds. The maximum atomic E-state index is 12.7. The van der Waals surface area contributed by atoms with Crippen LogP contribution in [0.15, 0.2) is 12.4 Å². The zero-order chi connectivity index (χ0) is 13.6. The smallest absolute Gasteiger partial charge is 0.249 e. The zero-order valence-corrected chi connectivity index (χ0v) is 11.0. The van der Waals surface area contributed by atoms with Crippen molar-refractivity contribution in [3.8, 4) is 0 Å². The highest BCUT2D eigenvalue weighted by Gasteiger charge is 2.50. The molecule has 1 saturated heterocycles. The van der Waals surface area contributed by atoms with E-state index in [9.17, 15) is 13.6 Å². The first-order chi connectivity index (χ1) is 8.93. The van der Waals surface area contributed by atoms with Gasteiger partial charge in [0.1, 0.15) is 0 Å². The minimum absolute atomic E-state index is 0.124. The van der Waals surface area contributed by atoms with E-state index in [2.05, 4.69) is 5.10 Å². The third kappa shape index (κ3) is 2.59. The van der Waals surface area contributed by atoms with E-state index in [1.807, 2.05) is 0 Å². The van der Waals surface area contributed by atoms with Gasteiger partial charge in [-0.15, -0.1) is 0 Å². The second kappa shape index (κ2) is 4.44. The van der Waals surface area contributed by atoms with Gasteiger partial charge < -0.3 is 4.90 Å². The molecule has 1 saturated carbocycles. The van der Waals surface area contributed by atoms with Crippen molar-refractivity contribution >= 4 is 17.5 Å². The van der Waals surface area contributed by atoms with E-state index in [4.69, 9.17) is 11.6 Å². The van der Waals surface area contributed by atoms with E-state index >= 15 is 0 Å². The predicted molar refractivity (Wildman–Crippen MR) is 65.0 cm³/mol. The summed E-state index contributed by atoms with van der Waals surface area (Å²) in [5.74, 6) is -2.90. The Labute approximate surface area is 114 Å². The van der Waals surface area contributed by atoms with E-state index in [1.165, 1.54) is 0 Å². The SMILES string of the molecule is O=C(C1CC(F)(F)C1)N1CC(Cn2cc(Cl)cn2)C1. The number of carbonyl (C=O) groups excluding carboxylic acids is 1. The summed E-state index contributed by atoms with van der Waals surface area (Å²) >= 11 is 5.76. The van der Waals surface area contributed by atoms with Crippen molar-refractivity contribution in [1.82, 2.24) is 14.7 Å². The van der Waals surface area contributed by atoms with Crippen molar-refractivity contribution in [3.05, 3.63) is 17.4 Å². The lowest BCUT2D eigenvalue weighted by molar-refractivity contribution is -0.165. The first-order valence-electron chi connectivity index (χ1n) is 6.27. The lowest BCUT2D eigenvalue weighted by atomic mass is 9.79. The van der Waals surface area contributed by atoms with E-state index in [-0.39, 0.29) is 18.7 Å². The largest absolute Gasteiger partial charge is 0.342 e. The molecular formula is C12H14ClF2N3O. The molecule has 3 rings (SSSR count). The molecule has 1 aliphatic heterocycles. The van der Waals surface area contributed by atoms with Crippen LogP contribution in [0.4, 0.5) is 8.78 Å². The molecule has 0 atom stereocenters. The van der Waals surface area contributed by atoms with Crippen molar-refractivity contribution < 1.29 is 13.6 Å². The molecule has 0 bridgehead atoms. The standard InChI is InChI=1S/C12H14ClF2N3O/c13-10-3-16-18(7-10)6-8-4-17(5-8)11(19)9-1-12(14,15)2-9/h3,7-9H,1-2,4-6H2. The van der Waals surface area contributed by atoms with Crippen molar-refractivity contribution in [2.45, 2.75) is 25.3 Å². The van der Waals surface area contributed by atoms with Crippen LogP contribution >= 0.6 is 11.6 Å². The second-order valence-corrected chi connectivity index (χ2v) is 5.89. The van der Waals surface area contributed by atoms with Crippen LogP contribution in [0, 0.1) is 11.8 Å². The molecule has 0 aromatic carbocycles. The third-order valence-electron chi connectivity index (χ3n) is 3.76. The third-order valence-corrected chi connectivity index (χ3v) is 3.95. The lowest BCUT2D eigenvalue weighted by Crippen LogP contribution is -2.56. The average molecular weight is 290 g/mol. The van der Waals surface area contributed by atoms with Crippen LogP contribution in [-0.4, -0.2) is 39.6 Å². The van der Waals surface area contributed by atoms with Gasteiger partial charge in [0, 0.05) is 50.5 Å². The Morgan fingerprint density at radius 1 is 1.47 bits per heavy atom. The maximum Gasteiger partial charge on any atom is 0.249 e. The van der Waals surface area contributed by atoms with E-state index in [0.29, 0.717) is 30.6 Å². The summed E-state index contributed by atoms with van der Waals surface area (Å²) < 4.78 is 27.2. The van der Waals surface area contributed by atoms with E-state index in [0.717, 1.165) is 0 Å². The molecule has 19 heavy (non-hydrogen) atoms. The summed E-state index contributed by atoms with van der Waals surface area (Å²) in [6, 6.07) is 0. The Balaban J connectivity index is 1.44. The molecule has 4 nitrogen and oxygen atoms in total. The first-order valence-corrected chi connectivity index (χ1v) is 6.65. The van der Waals surface area contributed by atoms with Gasteiger partial charge in [-0.3, -0.25) is 9.48 Å². The fraction of sp³-hybridized carbons (Fsp3) is 0.667. The average Bonchev–Trinajstić information content (AvgIpc) is 2.64. The monoisotopic (exact) mass is 289 g/mol. The van der Waals surface area contributed by atoms with Crippen LogP contribution < -0.4 is 0 Å². The Morgan fingerprint density at radius 3 is 2.68 bits per heavy atom. The first kappa shape index (κ1) is 12.8. The highest BCUT2D eigenvalue weighted by molar-refractivity contribution is 6.30. The maximum absolute atomic E-state index is 12.7. The Kier molecular flexibility index (Phi) is 3.00. The molecule has 0 spiro atoms. The number of carbonyl (C=O) groups is 1. The van der Waals surface area contributed by atoms with Gasteiger partial charge in [0.2, 0.25) is 11.8 Å². The van der Waals surface area contributed by atoms with Crippen molar-refractivity contribution in [1.29, 1.82) is 0 Å². The van der Waals surface area contributed by atoms with Crippen LogP contribution in [0.1, 0.15) is 12.8 Å². The zero-order valence-electron chi connectivity index (χ0n) is 10.2. The summed E-state index contributed by atoms with van der Waals surface area (Å²) in [4.78, 5) is 13.5. The molecule has 1 aromatic heterocycles. The predicted octanol–water partition coefficient (Wildman–Crippen LogP) is 2.04. The number of rotatable bonds is 3. The number of hydrogen-bond acceptors (Lipinski definition) is 2. The molecule has 1 aliphatic carbocycles. The highest BCUT2D eigenvalue weighted by Crippen LogP contribution is 2.43. The Morgan fingerprint density at radius 2 is 2.16 bits per heavy atom. The minimum Gasteiger partial charge on any atom is -0.342 e. The lowest BCUT2D eigenvalue weighted by Gasteiger charge is -2.44. The molecule has 2 heterocycles. The fourth-order valence-corrected chi connectivity index (χ4v) is 2.82. The van der Waals surface area contributed by atoms with Crippen molar-refractivity contribution in [2.75, 3.05) is 13.1 Å². The molecule has 2 aliphatic rings. The minimum atomic E-state index is -2.63. The summed E-state index contributed by atoms with van der Waals surface area (Å²) in [6.45, 7) is 1.95. The normalized spacial score (nSPS) is 23.0. The number of amides is 1. The van der Waals surface area contributed by atoms with Crippen LogP contribution in [0.25, 0.3) is 0 Å². The number of alkyl halides is 2. The van der Waals surface area contributed by atoms with Crippen molar-refractivity contribution in [3.63, 3.8) is 0 Å². The Bertz CT molecular complexity index is 491. The van der Waals surface area contributed by atoms with Crippen molar-refractivity contribution in [2.24, 2.45) is 11.8 Å². The van der Waals surface area contributed by atoms with E-state index < -0.39 is 11.8 Å². The molecule has 1 aromatic rings. The topological polar surface area (TPSA) is 38.1 Å². The summed E-state index contributed by atoms with van der Waals surface area (Å²) in [6.07, 6.45) is 2.72. The molecule has 104 valence electrons. The highest BCUT2D eigenvalue weighted by atomic mass is 35.5. The molecule has 0 N–H and O–H groups in total. The van der Waals surface area contributed by atoms with Gasteiger partial charge >= 0.3 is 0 Å². The number of hydrogen-bond donors (Lipinski definition) is 0. The molecule has 2 fully saturated rings. The van der Waals surface area contributed by atoms with Gasteiger partial charge in [0.15, 0.2) is 0 Å². The molecule has 0 radical (unpaired) electrons. The second-order valence-electron chi connectivity index (χ2n) is 5.45. The van der Waals surface area contributed by atoms with Gasteiger partial charge in [-0.05, 0) is 0 Å². The molecule has 7 heteroatoms. The number of aromatic nitrogens is 2. The summed E-state index contributed by atoms with van der Waals surface area (Å²) in [5, 5.41) is 4.66. The molecule has 0 unspecified atom stereocenters. The van der Waals surface area contributed by atoms with Gasteiger partial charge in [-0.2, -0.15) is 5.10 Å². The van der Waals surface area contributed by atoms with E-state index in [1.54, 1.807) is 22.0 Å². The summed E-state index contributed by atoms with van der Waals surface area (Å²) in [5.41, 5.74) is 0. The van der Waals surface area contributed by atoms with Crippen LogP contribution in [0.5, 0.6) is 0 Å². The number of nitrogens with zero attached hydrogens (tertiary/aromatic N) is 3. The van der Waals surface area contributed by atoms with Gasteiger partial charge in [0.25, 0.3) is 0 Å². The summed E-state index contributed by atoms with van der Waals surface area (Å²) in [7, 11) is 0. The quantitative estimate of drug-likeness (QED) is 0.854. The fourth-order valence-electron chi connectivity index (χ4n) is 2.66. The van der Waals surface area contributed by atoms with Crippen LogP contribution in [0.3, 0.4) is 0 Å². The van der Waals surface area contributed by atoms with Crippen LogP contribution in [0.2, 0.25) is 5.02 Å².